The first-order chi connectivity index (χ1) is 51.9. The molecule has 106 heavy (non-hydrogen) atoms. The molecular weight excluding hydrogens is 1270 g/mol. The van der Waals surface area contributed by atoms with Gasteiger partial charge in [0.2, 0.25) is 0 Å². The molecule has 22 bridgehead atoms. The summed E-state index contributed by atoms with van der Waals surface area (Å²) in [6, 6.07) is 95.7. The van der Waals surface area contributed by atoms with E-state index in [-0.39, 0.29) is 0 Å². The number of allylic oxidation sites excluding steroid dienone is 8. The summed E-state index contributed by atoms with van der Waals surface area (Å²) >= 11 is 0. The Labute approximate surface area is 629 Å². The van der Waals surface area contributed by atoms with E-state index in [0.29, 0.717) is 0 Å². The Kier molecular flexibility index (Phi) is 25.3. The van der Waals surface area contributed by atoms with Crippen molar-refractivity contribution in [3.8, 4) is 0 Å². The average molecular weight is 1370 g/mol. The van der Waals surface area contributed by atoms with Crippen molar-refractivity contribution in [3.05, 3.63) is 404 Å². The first kappa shape index (κ1) is 73.3. The average Bonchev–Trinajstić information content (AvgIpc) is 0.835. The van der Waals surface area contributed by atoms with Crippen molar-refractivity contribution < 1.29 is 0 Å². The standard InChI is InChI=1S/C106H94/c1-9-17-77-47-85-25-26-86-48-78(18-10-2)52-90(64-86)30-34-94-56-82(22-14-6)60-98(68-94)38-43-103-72-104-44-40-100-62-84(24-16-8)58-96(70-100)36-32-92-54-80(20-12-4)50-88(66-92)28-27-87-49-79(19-11-3)53-91(65-87)31-35-95-57-83(23-15-7)61-99(69-95)39-42-102-71-101(73-105(74-102)45-46-106(75-103)76-104)41-37-97-59-81(21-13-5)55-93(67-97)33-29-89(51-77)63-85/h9-26,29-76H,27-28H2,1-8H3/b17-9+,18-10+,19-11+,20-12+,21-13+,22-14+,23-15+,24-16+,26-25?,33-29?,34-30?,35-31+,36-32+,41-37?,42-39+,43-38?,44-40+,46-45?. The fraction of sp³-hybridized carbons (Fsp3) is 0.0943. The molecule has 0 unspecified atom stereocenters. The van der Waals surface area contributed by atoms with Crippen molar-refractivity contribution in [2.75, 3.05) is 0 Å². The molecule has 0 amide bonds. The fourth-order valence-electron chi connectivity index (χ4n) is 13.8. The fourth-order valence-corrected chi connectivity index (χ4v) is 13.8. The molecule has 0 atom stereocenters. The Balaban J connectivity index is 1.12. The molecule has 12 rings (SSSR count). The lowest BCUT2D eigenvalue weighted by Crippen LogP contribution is -1.95. The van der Waals surface area contributed by atoms with E-state index in [9.17, 15) is 0 Å². The van der Waals surface area contributed by atoms with E-state index in [4.69, 9.17) is 0 Å². The molecule has 1 aliphatic carbocycles. The van der Waals surface area contributed by atoms with Crippen molar-refractivity contribution in [3.63, 3.8) is 0 Å². The van der Waals surface area contributed by atoms with Gasteiger partial charge in [-0.2, -0.15) is 0 Å². The SMILES string of the molecule is C/C=C/c1cc2cc(c1)/C=C/c1cc3ccc4cc(/C=C/C)cc(ccc5cc(/C=C/C)cc(ccc6cc(/C=C/C)cc(ccc7cc(/C=C/C)cc(ccc8cc(cc(ccc(c1)c3)c8)/C=C/c1cc(/C=C/C)cc(c1)/C=C/c1cc(/C=C/C)cc(c1)CCc1cc(/C=C/C)cc(c1)/C=C/2)c7)c6)c5)c4. The summed E-state index contributed by atoms with van der Waals surface area (Å²) in [5, 5.41) is 13.3. The molecule has 11 aromatic rings. The second kappa shape index (κ2) is 36.6. The van der Waals surface area contributed by atoms with Gasteiger partial charge in [-0.05, 0) is 391 Å². The Morgan fingerprint density at radius 2 is 0.302 bits per heavy atom. The summed E-state index contributed by atoms with van der Waals surface area (Å²) in [6.07, 6.45) is 54.4. The van der Waals surface area contributed by atoms with E-state index in [1.807, 2.05) is 0 Å². The zero-order chi connectivity index (χ0) is 73.4. The molecule has 0 fully saturated rings. The van der Waals surface area contributed by atoms with Gasteiger partial charge in [0.1, 0.15) is 0 Å². The van der Waals surface area contributed by atoms with Crippen molar-refractivity contribution in [2.45, 2.75) is 68.2 Å². The van der Waals surface area contributed by atoms with Crippen LogP contribution in [0.1, 0.15) is 156 Å². The molecule has 0 aromatic heterocycles. The van der Waals surface area contributed by atoms with Gasteiger partial charge in [-0.1, -0.05) is 243 Å². The molecule has 0 N–H and O–H groups in total. The van der Waals surface area contributed by atoms with Crippen LogP contribution in [-0.2, 0) is 12.8 Å². The Morgan fingerprint density at radius 1 is 0.151 bits per heavy atom. The smallest absolute Gasteiger partial charge is 0.0238 e. The summed E-state index contributed by atoms with van der Waals surface area (Å²) in [7, 11) is 0. The molecule has 518 valence electrons. The normalized spacial score (nSPS) is 13.8. The minimum Gasteiger partial charge on any atom is -0.0871 e. The minimum absolute atomic E-state index is 0.906. The first-order valence-electron chi connectivity index (χ1n) is 37.2. The Morgan fingerprint density at radius 3 is 0.491 bits per heavy atom. The van der Waals surface area contributed by atoms with Crippen molar-refractivity contribution in [2.24, 2.45) is 0 Å². The minimum atomic E-state index is 0.906. The maximum atomic E-state index is 2.36. The molecule has 0 radical (unpaired) electrons. The predicted molar refractivity (Wildman–Crippen MR) is 477 cm³/mol. The number of benzene rings is 10. The number of hydrogen-bond donors (Lipinski definition) is 0. The van der Waals surface area contributed by atoms with Crippen LogP contribution < -0.4 is 0 Å². The second-order valence-corrected chi connectivity index (χ2v) is 27.3. The van der Waals surface area contributed by atoms with Crippen LogP contribution in [-0.4, -0.2) is 0 Å². The van der Waals surface area contributed by atoms with E-state index < -0.39 is 0 Å². The maximum Gasteiger partial charge on any atom is -0.0238 e. The van der Waals surface area contributed by atoms with Gasteiger partial charge in [0, 0.05) is 0 Å². The highest BCUT2D eigenvalue weighted by Crippen LogP contribution is 2.28. The van der Waals surface area contributed by atoms with Gasteiger partial charge in [-0.25, -0.2) is 0 Å². The first-order valence-corrected chi connectivity index (χ1v) is 37.2. The lowest BCUT2D eigenvalue weighted by Gasteiger charge is -2.09. The summed E-state index contributed by atoms with van der Waals surface area (Å²) in [4.78, 5) is 0. The highest BCUT2D eigenvalue weighted by atomic mass is 14.1. The lowest BCUT2D eigenvalue weighted by molar-refractivity contribution is 0.958. The monoisotopic (exact) mass is 1370 g/mol. The largest absolute Gasteiger partial charge is 0.0871 e. The predicted octanol–water partition coefficient (Wildman–Crippen LogP) is 30.7. The third-order valence-corrected chi connectivity index (χ3v) is 18.3. The maximum absolute atomic E-state index is 2.36. The van der Waals surface area contributed by atoms with Crippen LogP contribution in [0.3, 0.4) is 0 Å². The van der Waals surface area contributed by atoms with Crippen LogP contribution >= 0.6 is 0 Å². The Bertz CT molecular complexity index is 5490. The summed E-state index contributed by atoms with van der Waals surface area (Å²) in [6.45, 7) is 16.7. The highest BCUT2D eigenvalue weighted by Gasteiger charge is 2.07. The van der Waals surface area contributed by atoms with Crippen molar-refractivity contribution in [1.29, 1.82) is 0 Å². The molecule has 0 aliphatic heterocycles. The zero-order valence-electron chi connectivity index (χ0n) is 62.5. The van der Waals surface area contributed by atoms with Crippen molar-refractivity contribution >= 4 is 162 Å². The van der Waals surface area contributed by atoms with E-state index >= 15 is 0 Å². The van der Waals surface area contributed by atoms with Crippen LogP contribution in [0.15, 0.2) is 303 Å². The third kappa shape index (κ3) is 21.6. The summed E-state index contributed by atoms with van der Waals surface area (Å²) in [5.74, 6) is 0. The molecule has 0 heterocycles. The van der Waals surface area contributed by atoms with E-state index in [1.54, 1.807) is 0 Å². The van der Waals surface area contributed by atoms with Crippen LogP contribution in [0.2, 0.25) is 0 Å². The molecule has 0 spiro atoms. The van der Waals surface area contributed by atoms with Crippen LogP contribution in [0, 0.1) is 0 Å². The Hall–Kier alpha value is -12.5. The molecular formula is C106H94. The van der Waals surface area contributed by atoms with Gasteiger partial charge < -0.3 is 0 Å². The van der Waals surface area contributed by atoms with Crippen LogP contribution in [0.25, 0.3) is 162 Å². The number of hydrogen-bond acceptors (Lipinski definition) is 0. The molecule has 0 saturated heterocycles. The van der Waals surface area contributed by atoms with Gasteiger partial charge in [0.05, 0.1) is 0 Å². The number of aryl methyl sites for hydroxylation is 2. The van der Waals surface area contributed by atoms with Crippen LogP contribution in [0.4, 0.5) is 0 Å². The highest BCUT2D eigenvalue weighted by molar-refractivity contribution is 5.86. The molecule has 0 nitrogen and oxygen atoms in total. The van der Waals surface area contributed by atoms with Crippen LogP contribution in [0.5, 0.6) is 0 Å². The number of fused-ring (bicyclic) bond motifs is 21. The molecule has 0 heteroatoms. The van der Waals surface area contributed by atoms with Gasteiger partial charge in [-0.15, -0.1) is 0 Å². The van der Waals surface area contributed by atoms with Gasteiger partial charge >= 0.3 is 0 Å². The van der Waals surface area contributed by atoms with E-state index in [1.165, 1.54) is 33.4 Å². The van der Waals surface area contributed by atoms with E-state index in [0.717, 1.165) is 144 Å². The van der Waals surface area contributed by atoms with Crippen molar-refractivity contribution in [1.82, 2.24) is 0 Å². The lowest BCUT2D eigenvalue weighted by atomic mass is 9.96. The molecule has 11 aromatic carbocycles. The third-order valence-electron chi connectivity index (χ3n) is 18.3. The van der Waals surface area contributed by atoms with E-state index in [2.05, 4.69) is 456 Å². The molecule has 1 aliphatic rings. The number of rotatable bonds is 8. The molecule has 0 saturated carbocycles. The summed E-state index contributed by atoms with van der Waals surface area (Å²) in [5.41, 5.74) is 20.9. The van der Waals surface area contributed by atoms with Gasteiger partial charge in [0.15, 0.2) is 0 Å². The summed E-state index contributed by atoms with van der Waals surface area (Å²) < 4.78 is 0. The van der Waals surface area contributed by atoms with Gasteiger partial charge in [0.25, 0.3) is 0 Å². The zero-order valence-corrected chi connectivity index (χ0v) is 62.5. The van der Waals surface area contributed by atoms with Gasteiger partial charge in [-0.3, -0.25) is 0 Å². The topological polar surface area (TPSA) is 0 Å². The second-order valence-electron chi connectivity index (χ2n) is 27.3. The quantitative estimate of drug-likeness (QED) is 0.142.